The lowest BCUT2D eigenvalue weighted by molar-refractivity contribution is 1.26. The molecule has 0 bridgehead atoms. The average Bonchev–Trinajstić information content (AvgIpc) is 1.20. The van der Waals surface area contributed by atoms with Gasteiger partial charge >= 0.3 is 0 Å². The molecule has 0 N–H and O–H groups in total. The lowest BCUT2D eigenvalue weighted by Crippen LogP contribution is -2.13. The summed E-state index contributed by atoms with van der Waals surface area (Å²) in [5.41, 5.74) is 20.8. The van der Waals surface area contributed by atoms with Gasteiger partial charge in [0.25, 0.3) is 0 Å². The van der Waals surface area contributed by atoms with Crippen LogP contribution in [0, 0.1) is 41.5 Å². The third-order valence-electron chi connectivity index (χ3n) is 17.3. The van der Waals surface area contributed by atoms with Crippen molar-refractivity contribution in [1.82, 2.24) is 0 Å². The van der Waals surface area contributed by atoms with Crippen molar-refractivity contribution >= 4 is 133 Å². The fourth-order valence-corrected chi connectivity index (χ4v) is 12.9. The van der Waals surface area contributed by atoms with Gasteiger partial charge in [-0.15, -0.1) is 0 Å². The maximum atomic E-state index is 2.45. The SMILES string of the molecule is Cc1ccc(N(c2ccc(C)cc2)c2ccc3ccc4c(N(c5ccc(C)cc5)c5ccc(N(c6ccc(C)cc6)c6ccc7ccc8c(N(c9ccc(C)cc9)c9ccc(C)cc9)ccc9ccc6c7c98)cc5)ccc5ccc2c3c54)cc1. The molecule has 402 valence electrons. The summed E-state index contributed by atoms with van der Waals surface area (Å²) < 4.78 is 0. The van der Waals surface area contributed by atoms with Gasteiger partial charge in [-0.05, 0) is 206 Å². The predicted molar refractivity (Wildman–Crippen MR) is 361 cm³/mol. The van der Waals surface area contributed by atoms with Crippen LogP contribution in [0.1, 0.15) is 33.4 Å². The van der Waals surface area contributed by atoms with Gasteiger partial charge in [0, 0.05) is 67.0 Å². The van der Waals surface area contributed by atoms with Crippen molar-refractivity contribution in [2.75, 3.05) is 19.6 Å². The molecule has 0 saturated heterocycles. The molecule has 0 saturated carbocycles. The van der Waals surface area contributed by atoms with E-state index in [0.717, 1.165) is 68.2 Å². The van der Waals surface area contributed by atoms with E-state index in [1.54, 1.807) is 0 Å². The van der Waals surface area contributed by atoms with Gasteiger partial charge in [-0.3, -0.25) is 0 Å². The number of rotatable bonds is 12. The van der Waals surface area contributed by atoms with Crippen LogP contribution in [0.25, 0.3) is 64.6 Å². The van der Waals surface area contributed by atoms with Gasteiger partial charge < -0.3 is 19.6 Å². The molecule has 0 atom stereocenters. The smallest absolute Gasteiger partial charge is 0.0540 e. The van der Waals surface area contributed by atoms with Crippen molar-refractivity contribution in [2.45, 2.75) is 41.5 Å². The van der Waals surface area contributed by atoms with Crippen LogP contribution in [0.5, 0.6) is 0 Å². The van der Waals surface area contributed by atoms with Crippen molar-refractivity contribution in [1.29, 1.82) is 0 Å². The molecule has 0 aliphatic rings. The molecular formula is C80H62N4. The third-order valence-corrected chi connectivity index (χ3v) is 17.3. The Morgan fingerprint density at radius 1 is 0.155 bits per heavy atom. The maximum Gasteiger partial charge on any atom is 0.0540 e. The van der Waals surface area contributed by atoms with Gasteiger partial charge in [-0.2, -0.15) is 0 Å². The van der Waals surface area contributed by atoms with Gasteiger partial charge in [0.1, 0.15) is 0 Å². The van der Waals surface area contributed by atoms with Crippen molar-refractivity contribution in [2.24, 2.45) is 0 Å². The van der Waals surface area contributed by atoms with E-state index in [0.29, 0.717) is 0 Å². The molecule has 0 amide bonds. The molecule has 4 nitrogen and oxygen atoms in total. The van der Waals surface area contributed by atoms with E-state index >= 15 is 0 Å². The standard InChI is InChI=1S/C80H62N4/c1-51-7-27-61(28-8-51)81(62-29-9-52(2)10-30-62)73-47-23-57-21-45-71-75(49-25-59-19-43-69(73)77(57)79(59)71)83(65-35-15-55(5)16-36-65)67-39-41-68(42-40-67)84(66-37-17-56(6)18-38-66)76-50-26-60-20-44-70-74(48-24-58-22-46-72(76)80(60)78(58)70)82(63-31-11-53(3)12-32-63)64-33-13-54(4)14-34-64/h7-50H,1-6H3. The van der Waals surface area contributed by atoms with Gasteiger partial charge in [-0.1, -0.05) is 179 Å². The highest BCUT2D eigenvalue weighted by Crippen LogP contribution is 2.51. The lowest BCUT2D eigenvalue weighted by Gasteiger charge is -2.31. The topological polar surface area (TPSA) is 13.0 Å². The van der Waals surface area contributed by atoms with E-state index in [1.165, 1.54) is 98.0 Å². The Kier molecular flexibility index (Phi) is 12.2. The Hall–Kier alpha value is -10.4. The Morgan fingerprint density at radius 3 is 0.464 bits per heavy atom. The van der Waals surface area contributed by atoms with Gasteiger partial charge in [0.05, 0.1) is 22.7 Å². The minimum atomic E-state index is 1.07. The first kappa shape index (κ1) is 50.5. The highest BCUT2D eigenvalue weighted by molar-refractivity contribution is 6.29. The number of hydrogen-bond donors (Lipinski definition) is 0. The number of benzene rings is 15. The normalized spacial score (nSPS) is 11.7. The molecular weight excluding hydrogens is 1020 g/mol. The molecule has 15 aromatic carbocycles. The van der Waals surface area contributed by atoms with Crippen LogP contribution in [0.3, 0.4) is 0 Å². The van der Waals surface area contributed by atoms with Crippen LogP contribution in [-0.2, 0) is 0 Å². The number of nitrogens with zero attached hydrogens (tertiary/aromatic N) is 4. The molecule has 15 rings (SSSR count). The van der Waals surface area contributed by atoms with Crippen molar-refractivity contribution in [3.05, 3.63) is 300 Å². The fourth-order valence-electron chi connectivity index (χ4n) is 12.9. The van der Waals surface area contributed by atoms with Crippen LogP contribution in [-0.4, -0.2) is 0 Å². The lowest BCUT2D eigenvalue weighted by atomic mass is 9.91. The van der Waals surface area contributed by atoms with Crippen molar-refractivity contribution < 1.29 is 0 Å². The fraction of sp³-hybridized carbons (Fsp3) is 0.0750. The quantitative estimate of drug-likeness (QED) is 0.113. The van der Waals surface area contributed by atoms with Crippen LogP contribution in [0.2, 0.25) is 0 Å². The molecule has 0 unspecified atom stereocenters. The van der Waals surface area contributed by atoms with Gasteiger partial charge in [0.2, 0.25) is 0 Å². The van der Waals surface area contributed by atoms with E-state index in [1.807, 2.05) is 0 Å². The average molecular weight is 1080 g/mol. The maximum absolute atomic E-state index is 2.45. The second kappa shape index (κ2) is 20.2. The second-order valence-corrected chi connectivity index (χ2v) is 23.1. The molecule has 15 aromatic rings. The van der Waals surface area contributed by atoms with E-state index in [-0.39, 0.29) is 0 Å². The summed E-state index contributed by atoms with van der Waals surface area (Å²) in [6.45, 7) is 12.9. The van der Waals surface area contributed by atoms with Crippen LogP contribution < -0.4 is 19.6 Å². The highest BCUT2D eigenvalue weighted by atomic mass is 15.2. The first-order valence-corrected chi connectivity index (χ1v) is 29.2. The summed E-state index contributed by atoms with van der Waals surface area (Å²) in [7, 11) is 0. The molecule has 84 heavy (non-hydrogen) atoms. The third kappa shape index (κ3) is 8.60. The first-order valence-electron chi connectivity index (χ1n) is 29.2. The van der Waals surface area contributed by atoms with E-state index in [9.17, 15) is 0 Å². The van der Waals surface area contributed by atoms with E-state index in [2.05, 4.69) is 328 Å². The molecule has 0 aliphatic carbocycles. The number of anilines is 12. The molecule has 0 aromatic heterocycles. The Morgan fingerprint density at radius 2 is 0.298 bits per heavy atom. The number of hydrogen-bond acceptors (Lipinski definition) is 4. The van der Waals surface area contributed by atoms with Crippen molar-refractivity contribution in [3.8, 4) is 0 Å². The minimum absolute atomic E-state index is 1.07. The van der Waals surface area contributed by atoms with E-state index in [4.69, 9.17) is 0 Å². The zero-order valence-corrected chi connectivity index (χ0v) is 48.2. The van der Waals surface area contributed by atoms with Crippen molar-refractivity contribution in [3.63, 3.8) is 0 Å². The van der Waals surface area contributed by atoms with Crippen LogP contribution >= 0.6 is 0 Å². The largest absolute Gasteiger partial charge is 0.310 e. The first-order chi connectivity index (χ1) is 41.1. The minimum Gasteiger partial charge on any atom is -0.310 e. The van der Waals surface area contributed by atoms with Crippen LogP contribution in [0.4, 0.5) is 68.2 Å². The van der Waals surface area contributed by atoms with Gasteiger partial charge in [-0.25, -0.2) is 0 Å². The predicted octanol–water partition coefficient (Wildman–Crippen LogP) is 23.2. The zero-order valence-electron chi connectivity index (χ0n) is 48.2. The Labute approximate surface area is 491 Å². The summed E-state index contributed by atoms with van der Waals surface area (Å²) in [6, 6.07) is 99.8. The second-order valence-electron chi connectivity index (χ2n) is 23.1. The highest BCUT2D eigenvalue weighted by Gasteiger charge is 2.25. The monoisotopic (exact) mass is 1080 g/mol. The van der Waals surface area contributed by atoms with Gasteiger partial charge in [0.15, 0.2) is 0 Å². The number of aryl methyl sites for hydroxylation is 6. The van der Waals surface area contributed by atoms with E-state index < -0.39 is 0 Å². The molecule has 0 fully saturated rings. The van der Waals surface area contributed by atoms with Crippen LogP contribution in [0.15, 0.2) is 267 Å². The summed E-state index contributed by atoms with van der Waals surface area (Å²) in [5, 5.41) is 14.7. The Balaban J connectivity index is 0.881. The Bertz CT molecular complexity index is 4510. The molecule has 4 heteroatoms. The zero-order chi connectivity index (χ0) is 56.7. The summed E-state index contributed by atoms with van der Waals surface area (Å²) >= 11 is 0. The molecule has 0 aliphatic heterocycles. The molecule has 0 spiro atoms. The summed E-state index contributed by atoms with van der Waals surface area (Å²) in [5.74, 6) is 0. The molecule has 0 heterocycles. The summed E-state index contributed by atoms with van der Waals surface area (Å²) in [6.07, 6.45) is 0. The molecule has 0 radical (unpaired) electrons. The summed E-state index contributed by atoms with van der Waals surface area (Å²) in [4.78, 5) is 9.72.